The summed E-state index contributed by atoms with van der Waals surface area (Å²) in [6.45, 7) is -0.165. The molecule has 2 saturated carbocycles. The van der Waals surface area contributed by atoms with Crippen molar-refractivity contribution in [2.75, 3.05) is 0 Å². The van der Waals surface area contributed by atoms with Gasteiger partial charge in [-0.05, 0) is 12.3 Å². The molecule has 10 heteroatoms. The molecule has 1 heterocycles. The number of aliphatic hydroxyl groups is 1. The molecule has 0 bridgehead atoms. The monoisotopic (exact) mass is 344 g/mol. The highest BCUT2D eigenvalue weighted by Gasteiger charge is 2.87. The molecule has 4 rings (SSSR count). The smallest absolute Gasteiger partial charge is 0.382 e. The van der Waals surface area contributed by atoms with Crippen LogP contribution in [0.25, 0.3) is 0 Å². The maximum Gasteiger partial charge on any atom is 0.435 e. The van der Waals surface area contributed by atoms with Crippen molar-refractivity contribution in [1.29, 1.82) is 0 Å². The Balaban J connectivity index is 1.69. The van der Waals surface area contributed by atoms with Gasteiger partial charge in [-0.25, -0.2) is 17.6 Å². The lowest BCUT2D eigenvalue weighted by atomic mass is 9.89. The number of aliphatic hydroxyl groups excluding tert-OH is 1. The van der Waals surface area contributed by atoms with E-state index in [0.29, 0.717) is 0 Å². The van der Waals surface area contributed by atoms with Crippen LogP contribution in [0.5, 0.6) is 0 Å². The van der Waals surface area contributed by atoms with Crippen molar-refractivity contribution < 1.29 is 35.8 Å². The van der Waals surface area contributed by atoms with Gasteiger partial charge in [-0.1, -0.05) is 0 Å². The minimum atomic E-state index is -5.00. The summed E-state index contributed by atoms with van der Waals surface area (Å²) >= 11 is 0. The summed E-state index contributed by atoms with van der Waals surface area (Å²) in [5.41, 5.74) is -2.61. The average Bonchev–Trinajstić information content (AvgIpc) is 3.21. The Hall–Kier alpha value is -1.32. The summed E-state index contributed by atoms with van der Waals surface area (Å²) in [5.74, 6) is -8.58. The van der Waals surface area contributed by atoms with Gasteiger partial charge in [-0.2, -0.15) is 18.3 Å². The lowest BCUT2D eigenvalue weighted by Gasteiger charge is -2.28. The molecule has 0 radical (unpaired) electrons. The number of hydrogen-bond acceptors (Lipinski definition) is 2. The van der Waals surface area contributed by atoms with E-state index < -0.39 is 59.6 Å². The maximum atomic E-state index is 13.5. The number of aromatic nitrogens is 2. The van der Waals surface area contributed by atoms with Crippen LogP contribution in [-0.2, 0) is 19.1 Å². The Kier molecular flexibility index (Phi) is 2.66. The van der Waals surface area contributed by atoms with E-state index in [4.69, 9.17) is 0 Å². The minimum absolute atomic E-state index is 0.134. The molecule has 3 nitrogen and oxygen atoms in total. The highest BCUT2D eigenvalue weighted by Crippen LogP contribution is 2.78. The number of alkyl halides is 7. The van der Waals surface area contributed by atoms with E-state index >= 15 is 0 Å². The molecule has 4 atom stereocenters. The Morgan fingerprint density at radius 3 is 2.30 bits per heavy atom. The van der Waals surface area contributed by atoms with Gasteiger partial charge in [0.2, 0.25) is 0 Å². The topological polar surface area (TPSA) is 38.1 Å². The Morgan fingerprint density at radius 2 is 1.78 bits per heavy atom. The van der Waals surface area contributed by atoms with E-state index in [1.54, 1.807) is 0 Å². The fraction of sp³-hybridized carbons (Fsp3) is 0.769. The van der Waals surface area contributed by atoms with Crippen LogP contribution in [0.2, 0.25) is 0 Å². The molecular weight excluding hydrogens is 333 g/mol. The summed E-state index contributed by atoms with van der Waals surface area (Å²) in [5, 5.41) is 12.9. The van der Waals surface area contributed by atoms with E-state index in [1.165, 1.54) is 0 Å². The first-order valence-corrected chi connectivity index (χ1v) is 7.06. The van der Waals surface area contributed by atoms with Crippen molar-refractivity contribution in [3.63, 3.8) is 0 Å². The normalized spacial score (nSPS) is 36.3. The molecule has 0 spiro atoms. The second-order valence-corrected chi connectivity index (χ2v) is 6.44. The molecule has 3 aliphatic rings. The van der Waals surface area contributed by atoms with Gasteiger partial charge in [0.15, 0.2) is 5.69 Å². The van der Waals surface area contributed by atoms with E-state index in [-0.39, 0.29) is 18.7 Å². The number of fused-ring (bicyclic) bond motifs is 2. The second kappa shape index (κ2) is 4.01. The molecule has 1 aromatic heterocycles. The molecule has 128 valence electrons. The van der Waals surface area contributed by atoms with Crippen LogP contribution in [0.1, 0.15) is 29.5 Å². The molecule has 0 amide bonds. The van der Waals surface area contributed by atoms with Gasteiger partial charge in [0.1, 0.15) is 6.10 Å². The van der Waals surface area contributed by atoms with Gasteiger partial charge in [-0.15, -0.1) is 0 Å². The molecular formula is C13H11F7N2O. The number of hydrogen-bond donors (Lipinski definition) is 1. The Labute approximate surface area is 125 Å². The standard InChI is InChI=1S/C13H11F7N2O/c14-11(15)2-1-5-6(10(11)23)9(13(18,19)20)21-22(5)3-4-7-8(4)12(7,16)17/h4,7-8,10,23H,1-3H2/t4-,7-,8?,10-/m0/s1. The molecule has 1 N–H and O–H groups in total. The zero-order valence-corrected chi connectivity index (χ0v) is 11.4. The van der Waals surface area contributed by atoms with Crippen molar-refractivity contribution in [3.05, 3.63) is 17.0 Å². The van der Waals surface area contributed by atoms with E-state index in [2.05, 4.69) is 5.10 Å². The second-order valence-electron chi connectivity index (χ2n) is 6.44. The van der Waals surface area contributed by atoms with Crippen molar-refractivity contribution >= 4 is 0 Å². The third-order valence-electron chi connectivity index (χ3n) is 5.07. The third-order valence-corrected chi connectivity index (χ3v) is 5.07. The van der Waals surface area contributed by atoms with Gasteiger partial charge in [0.05, 0.1) is 0 Å². The summed E-state index contributed by atoms with van der Waals surface area (Å²) in [6.07, 6.45) is -8.79. The zero-order valence-electron chi connectivity index (χ0n) is 11.4. The van der Waals surface area contributed by atoms with Gasteiger partial charge >= 0.3 is 6.18 Å². The Bertz CT molecular complexity index is 669. The van der Waals surface area contributed by atoms with Gasteiger partial charge in [0, 0.05) is 36.1 Å². The molecule has 0 aromatic carbocycles. The van der Waals surface area contributed by atoms with Crippen LogP contribution in [0.3, 0.4) is 0 Å². The lowest BCUT2D eigenvalue weighted by molar-refractivity contribution is -0.150. The van der Waals surface area contributed by atoms with Crippen LogP contribution in [-0.4, -0.2) is 26.7 Å². The highest BCUT2D eigenvalue weighted by atomic mass is 19.4. The Morgan fingerprint density at radius 1 is 1.17 bits per heavy atom. The highest BCUT2D eigenvalue weighted by molar-refractivity contribution is 5.36. The molecule has 1 unspecified atom stereocenters. The summed E-state index contributed by atoms with van der Waals surface area (Å²) in [7, 11) is 0. The van der Waals surface area contributed by atoms with Crippen LogP contribution >= 0.6 is 0 Å². The maximum absolute atomic E-state index is 13.5. The number of nitrogens with zero attached hydrogens (tertiary/aromatic N) is 2. The quantitative estimate of drug-likeness (QED) is 0.838. The summed E-state index contributed by atoms with van der Waals surface area (Å²) in [6, 6.07) is 0. The zero-order chi connectivity index (χ0) is 16.9. The summed E-state index contributed by atoms with van der Waals surface area (Å²) in [4.78, 5) is 0. The first-order chi connectivity index (χ1) is 10.5. The van der Waals surface area contributed by atoms with Crippen LogP contribution in [0.15, 0.2) is 0 Å². The van der Waals surface area contributed by atoms with E-state index in [9.17, 15) is 35.8 Å². The van der Waals surface area contributed by atoms with Crippen molar-refractivity contribution in [2.24, 2.45) is 17.8 Å². The first-order valence-electron chi connectivity index (χ1n) is 7.06. The molecule has 2 fully saturated rings. The first kappa shape index (κ1) is 15.2. The molecule has 0 saturated heterocycles. The van der Waals surface area contributed by atoms with Crippen molar-refractivity contribution in [3.8, 4) is 0 Å². The lowest BCUT2D eigenvalue weighted by Crippen LogP contribution is -2.33. The minimum Gasteiger partial charge on any atom is -0.382 e. The van der Waals surface area contributed by atoms with Gasteiger partial charge in [-0.3, -0.25) is 4.68 Å². The predicted octanol–water partition coefficient (Wildman–Crippen LogP) is 3.03. The van der Waals surface area contributed by atoms with Gasteiger partial charge < -0.3 is 5.11 Å². The van der Waals surface area contributed by atoms with Crippen molar-refractivity contribution in [1.82, 2.24) is 9.78 Å². The number of halogens is 7. The molecule has 1 aromatic rings. The largest absolute Gasteiger partial charge is 0.435 e. The van der Waals surface area contributed by atoms with Crippen LogP contribution in [0, 0.1) is 17.8 Å². The average molecular weight is 344 g/mol. The molecule has 0 aliphatic heterocycles. The third kappa shape index (κ3) is 1.96. The molecule has 23 heavy (non-hydrogen) atoms. The SMILES string of the molecule is O[C@H]1c2c(C(F)(F)F)nn(C[C@@H]3C4[C@H]3C4(F)F)c2CCC1(F)F. The predicted molar refractivity (Wildman–Crippen MR) is 60.9 cm³/mol. The van der Waals surface area contributed by atoms with Gasteiger partial charge in [0.25, 0.3) is 11.8 Å². The van der Waals surface area contributed by atoms with Crippen LogP contribution < -0.4 is 0 Å². The van der Waals surface area contributed by atoms with E-state index in [0.717, 1.165) is 4.68 Å². The summed E-state index contributed by atoms with van der Waals surface area (Å²) < 4.78 is 92.8. The fourth-order valence-electron chi connectivity index (χ4n) is 3.68. The van der Waals surface area contributed by atoms with Crippen LogP contribution in [0.4, 0.5) is 30.7 Å². The molecule has 3 aliphatic carbocycles. The van der Waals surface area contributed by atoms with E-state index in [1.807, 2.05) is 0 Å². The fourth-order valence-corrected chi connectivity index (χ4v) is 3.68. The number of rotatable bonds is 2. The van der Waals surface area contributed by atoms with Crippen molar-refractivity contribution in [2.45, 2.75) is 43.5 Å².